The molecule has 2 heterocycles. The monoisotopic (exact) mass is 354 g/mol. The molecule has 7 heteroatoms. The first kappa shape index (κ1) is 18.0. The summed E-state index contributed by atoms with van der Waals surface area (Å²) in [7, 11) is 0. The average Bonchev–Trinajstić information content (AvgIpc) is 2.66. The number of barbiturate groups is 1. The molecule has 1 unspecified atom stereocenters. The highest BCUT2D eigenvalue weighted by molar-refractivity contribution is 6.23. The zero-order valence-corrected chi connectivity index (χ0v) is 14.6. The van der Waals surface area contributed by atoms with Gasteiger partial charge in [0, 0.05) is 25.2 Å². The largest absolute Gasteiger partial charge is 0.330 e. The number of rotatable bonds is 6. The molecule has 1 saturated heterocycles. The van der Waals surface area contributed by atoms with Gasteiger partial charge in [0.15, 0.2) is 5.92 Å². The van der Waals surface area contributed by atoms with Gasteiger partial charge in [-0.05, 0) is 43.7 Å². The third-order valence-electron chi connectivity index (χ3n) is 4.58. The average molecular weight is 354 g/mol. The zero-order valence-electron chi connectivity index (χ0n) is 14.6. The van der Waals surface area contributed by atoms with Gasteiger partial charge >= 0.3 is 6.03 Å². The Morgan fingerprint density at radius 3 is 2.92 bits per heavy atom. The van der Waals surface area contributed by atoms with Gasteiger partial charge in [-0.25, -0.2) is 4.79 Å². The first-order valence-corrected chi connectivity index (χ1v) is 8.88. The van der Waals surface area contributed by atoms with E-state index in [9.17, 15) is 14.4 Å². The van der Waals surface area contributed by atoms with Crippen LogP contribution in [-0.4, -0.2) is 40.5 Å². The number of hydrogen-bond acceptors (Lipinski definition) is 5. The molecule has 2 aliphatic rings. The highest BCUT2D eigenvalue weighted by Gasteiger charge is 2.39. The number of hydrogen-bond donors (Lipinski definition) is 1. The quantitative estimate of drug-likeness (QED) is 0.482. The van der Waals surface area contributed by atoms with Crippen LogP contribution in [0.3, 0.4) is 0 Å². The Hall–Kier alpha value is -2.83. The van der Waals surface area contributed by atoms with Crippen molar-refractivity contribution in [1.82, 2.24) is 15.2 Å². The maximum absolute atomic E-state index is 12.6. The van der Waals surface area contributed by atoms with E-state index in [1.54, 1.807) is 18.5 Å². The molecular formula is C19H22N4O3. The summed E-state index contributed by atoms with van der Waals surface area (Å²) in [5.41, 5.74) is 2.15. The number of amides is 4. The van der Waals surface area contributed by atoms with Crippen LogP contribution < -0.4 is 5.32 Å². The minimum Gasteiger partial charge on any atom is -0.291 e. The number of aliphatic imine (C=N–C) groups is 1. The molecule has 0 aromatic carbocycles. The molecule has 1 aromatic rings. The molecule has 1 aliphatic carbocycles. The van der Waals surface area contributed by atoms with E-state index in [0.717, 1.165) is 29.7 Å². The second-order valence-electron chi connectivity index (χ2n) is 6.47. The van der Waals surface area contributed by atoms with E-state index in [0.29, 0.717) is 13.0 Å². The molecule has 0 saturated carbocycles. The van der Waals surface area contributed by atoms with Gasteiger partial charge in [-0.15, -0.1) is 0 Å². The molecule has 1 N–H and O–H groups in total. The number of urea groups is 1. The Morgan fingerprint density at radius 1 is 1.31 bits per heavy atom. The summed E-state index contributed by atoms with van der Waals surface area (Å²) in [6.45, 7) is 0.614. The van der Waals surface area contributed by atoms with Crippen LogP contribution in [0.5, 0.6) is 0 Å². The minimum absolute atomic E-state index is 0.288. The molecule has 1 aromatic heterocycles. The Kier molecular flexibility index (Phi) is 5.88. The number of aromatic nitrogens is 1. The van der Waals surface area contributed by atoms with E-state index in [2.05, 4.69) is 21.4 Å². The van der Waals surface area contributed by atoms with E-state index in [-0.39, 0.29) is 6.54 Å². The SMILES string of the molecule is O=C1NC(=O)N(CCC2=CCCCC2)C(=O)C1C=NCc1cccnc1. The normalized spacial score (nSPS) is 21.1. The number of carbonyl (C=O) groups is 3. The lowest BCUT2D eigenvalue weighted by molar-refractivity contribution is -0.139. The lowest BCUT2D eigenvalue weighted by Crippen LogP contribution is -2.58. The molecule has 4 amide bonds. The van der Waals surface area contributed by atoms with E-state index in [4.69, 9.17) is 0 Å². The molecule has 1 atom stereocenters. The van der Waals surface area contributed by atoms with Crippen molar-refractivity contribution in [3.8, 4) is 0 Å². The lowest BCUT2D eigenvalue weighted by Gasteiger charge is -2.29. The topological polar surface area (TPSA) is 91.7 Å². The maximum Gasteiger partial charge on any atom is 0.330 e. The van der Waals surface area contributed by atoms with Crippen molar-refractivity contribution in [1.29, 1.82) is 0 Å². The Labute approximate surface area is 152 Å². The highest BCUT2D eigenvalue weighted by Crippen LogP contribution is 2.21. The van der Waals surface area contributed by atoms with Gasteiger partial charge in [-0.1, -0.05) is 17.7 Å². The number of nitrogens with zero attached hydrogens (tertiary/aromatic N) is 3. The number of pyridine rings is 1. The fourth-order valence-corrected chi connectivity index (χ4v) is 3.12. The van der Waals surface area contributed by atoms with Crippen LogP contribution in [0.4, 0.5) is 4.79 Å². The van der Waals surface area contributed by atoms with E-state index < -0.39 is 23.8 Å². The molecule has 1 aliphatic heterocycles. The summed E-state index contributed by atoms with van der Waals surface area (Å²) in [4.78, 5) is 45.9. The predicted octanol–water partition coefficient (Wildman–Crippen LogP) is 2.24. The predicted molar refractivity (Wildman–Crippen MR) is 96.3 cm³/mol. The van der Waals surface area contributed by atoms with Gasteiger partial charge in [0.1, 0.15) is 0 Å². The van der Waals surface area contributed by atoms with Crippen molar-refractivity contribution < 1.29 is 14.4 Å². The zero-order chi connectivity index (χ0) is 18.4. The van der Waals surface area contributed by atoms with Gasteiger partial charge in [0.05, 0.1) is 6.54 Å². The number of nitrogens with one attached hydrogen (secondary N) is 1. The minimum atomic E-state index is -1.07. The van der Waals surface area contributed by atoms with Crippen LogP contribution in [0, 0.1) is 5.92 Å². The summed E-state index contributed by atoms with van der Waals surface area (Å²) in [5.74, 6) is -2.20. The molecule has 7 nitrogen and oxygen atoms in total. The molecule has 1 fully saturated rings. The number of carbonyl (C=O) groups excluding carboxylic acids is 3. The van der Waals surface area contributed by atoms with Crippen LogP contribution in [-0.2, 0) is 16.1 Å². The third kappa shape index (κ3) is 4.41. The summed E-state index contributed by atoms with van der Waals surface area (Å²) in [6, 6.07) is 3.01. The summed E-state index contributed by atoms with van der Waals surface area (Å²) >= 11 is 0. The van der Waals surface area contributed by atoms with Crippen molar-refractivity contribution in [2.75, 3.05) is 6.54 Å². The lowest BCUT2D eigenvalue weighted by atomic mass is 9.97. The highest BCUT2D eigenvalue weighted by atomic mass is 16.2. The standard InChI is InChI=1S/C19H22N4O3/c24-17-16(13-21-12-15-7-4-9-20-11-15)18(25)23(19(26)22-17)10-8-14-5-2-1-3-6-14/h4-5,7,9,11,13,16H,1-3,6,8,10,12H2,(H,22,24,26). The van der Waals surface area contributed by atoms with Crippen molar-refractivity contribution >= 4 is 24.1 Å². The van der Waals surface area contributed by atoms with Crippen LogP contribution in [0.1, 0.15) is 37.7 Å². The molecule has 0 radical (unpaired) electrons. The fourth-order valence-electron chi connectivity index (χ4n) is 3.12. The third-order valence-corrected chi connectivity index (χ3v) is 4.58. The van der Waals surface area contributed by atoms with Crippen LogP contribution in [0.15, 0.2) is 41.2 Å². The summed E-state index contributed by atoms with van der Waals surface area (Å²) < 4.78 is 0. The second-order valence-corrected chi connectivity index (χ2v) is 6.47. The van der Waals surface area contributed by atoms with E-state index in [1.165, 1.54) is 18.2 Å². The van der Waals surface area contributed by atoms with Crippen molar-refractivity contribution in [3.63, 3.8) is 0 Å². The molecular weight excluding hydrogens is 332 g/mol. The Balaban J connectivity index is 1.62. The molecule has 26 heavy (non-hydrogen) atoms. The van der Waals surface area contributed by atoms with Crippen molar-refractivity contribution in [3.05, 3.63) is 41.7 Å². The van der Waals surface area contributed by atoms with Gasteiger partial charge in [0.2, 0.25) is 11.8 Å². The van der Waals surface area contributed by atoms with Gasteiger partial charge in [0.25, 0.3) is 0 Å². The second kappa shape index (κ2) is 8.51. The van der Waals surface area contributed by atoms with Crippen molar-refractivity contribution in [2.45, 2.75) is 38.6 Å². The van der Waals surface area contributed by atoms with Crippen LogP contribution in [0.2, 0.25) is 0 Å². The molecule has 3 rings (SSSR count). The van der Waals surface area contributed by atoms with E-state index in [1.807, 2.05) is 6.07 Å². The number of allylic oxidation sites excluding steroid dienone is 1. The van der Waals surface area contributed by atoms with Gasteiger partial charge in [-0.3, -0.25) is 29.8 Å². The van der Waals surface area contributed by atoms with Crippen LogP contribution >= 0.6 is 0 Å². The van der Waals surface area contributed by atoms with E-state index >= 15 is 0 Å². The molecule has 0 spiro atoms. The van der Waals surface area contributed by atoms with Crippen LogP contribution in [0.25, 0.3) is 0 Å². The summed E-state index contributed by atoms with van der Waals surface area (Å²) in [5, 5.41) is 2.25. The fraction of sp³-hybridized carbons (Fsp3) is 0.421. The Bertz CT molecular complexity index is 742. The first-order chi connectivity index (χ1) is 12.6. The summed E-state index contributed by atoms with van der Waals surface area (Å²) in [6.07, 6.45) is 11.9. The smallest absolute Gasteiger partial charge is 0.291 e. The molecule has 136 valence electrons. The van der Waals surface area contributed by atoms with Crippen molar-refractivity contribution in [2.24, 2.45) is 10.9 Å². The maximum atomic E-state index is 12.6. The molecule has 0 bridgehead atoms. The first-order valence-electron chi connectivity index (χ1n) is 8.88. The van der Waals surface area contributed by atoms with Gasteiger partial charge in [-0.2, -0.15) is 0 Å². The van der Waals surface area contributed by atoms with Gasteiger partial charge < -0.3 is 0 Å². The number of imide groups is 2. The Morgan fingerprint density at radius 2 is 2.19 bits per heavy atom.